The molecule has 1 heterocycles. The second-order valence-electron chi connectivity index (χ2n) is 4.26. The average Bonchev–Trinajstić information content (AvgIpc) is 2.46. The lowest BCUT2D eigenvalue weighted by Gasteiger charge is -2.08. The lowest BCUT2D eigenvalue weighted by Crippen LogP contribution is -2.37. The quantitative estimate of drug-likeness (QED) is 0.335. The van der Waals surface area contributed by atoms with E-state index in [1.54, 1.807) is 16.7 Å². The molecule has 0 atom stereocenters. The van der Waals surface area contributed by atoms with E-state index in [0.29, 0.717) is 13.1 Å². The van der Waals surface area contributed by atoms with Crippen molar-refractivity contribution in [1.29, 1.82) is 0 Å². The van der Waals surface area contributed by atoms with Crippen molar-refractivity contribution in [3.05, 3.63) is 34.7 Å². The molecule has 1 aromatic rings. The normalized spacial score (nSPS) is 10.9. The summed E-state index contributed by atoms with van der Waals surface area (Å²) in [6.07, 6.45) is 8.85. The van der Waals surface area contributed by atoms with E-state index in [9.17, 15) is 4.79 Å². The average molecular weight is 274 g/mol. The van der Waals surface area contributed by atoms with Gasteiger partial charge in [0.2, 0.25) is 5.56 Å². The molecular formula is C15H22N4O. The van der Waals surface area contributed by atoms with Gasteiger partial charge in [-0.05, 0) is 25.8 Å². The fourth-order valence-corrected chi connectivity index (χ4v) is 1.71. The number of rotatable bonds is 7. The van der Waals surface area contributed by atoms with Gasteiger partial charge in [-0.25, -0.2) is 0 Å². The van der Waals surface area contributed by atoms with Gasteiger partial charge in [-0.2, -0.15) is 0 Å². The Morgan fingerprint density at radius 2 is 2.25 bits per heavy atom. The van der Waals surface area contributed by atoms with Crippen LogP contribution in [0.3, 0.4) is 0 Å². The van der Waals surface area contributed by atoms with Gasteiger partial charge < -0.3 is 15.2 Å². The summed E-state index contributed by atoms with van der Waals surface area (Å²) in [6, 6.07) is 5.20. The van der Waals surface area contributed by atoms with Crippen molar-refractivity contribution in [1.82, 2.24) is 15.2 Å². The SMILES string of the molecule is C#CCNC(=NCCCCn1ccccc1=O)NCC. The van der Waals surface area contributed by atoms with Crippen LogP contribution in [0.1, 0.15) is 19.8 Å². The van der Waals surface area contributed by atoms with E-state index in [-0.39, 0.29) is 5.56 Å². The van der Waals surface area contributed by atoms with Crippen LogP contribution >= 0.6 is 0 Å². The predicted molar refractivity (Wildman–Crippen MR) is 82.8 cm³/mol. The molecule has 0 unspecified atom stereocenters. The summed E-state index contributed by atoms with van der Waals surface area (Å²) >= 11 is 0. The molecule has 0 bridgehead atoms. The van der Waals surface area contributed by atoms with Crippen LogP contribution in [0.25, 0.3) is 0 Å². The second-order valence-corrected chi connectivity index (χ2v) is 4.26. The molecule has 2 N–H and O–H groups in total. The van der Waals surface area contributed by atoms with E-state index < -0.39 is 0 Å². The molecule has 0 aromatic carbocycles. The zero-order valence-corrected chi connectivity index (χ0v) is 11.9. The minimum Gasteiger partial charge on any atom is -0.357 e. The summed E-state index contributed by atoms with van der Waals surface area (Å²) in [7, 11) is 0. The molecule has 20 heavy (non-hydrogen) atoms. The van der Waals surface area contributed by atoms with Crippen LogP contribution in [0.5, 0.6) is 0 Å². The van der Waals surface area contributed by atoms with Gasteiger partial charge in [0.25, 0.3) is 0 Å². The molecule has 0 fully saturated rings. The minimum absolute atomic E-state index is 0.0417. The molecule has 0 aliphatic rings. The third-order valence-electron chi connectivity index (χ3n) is 2.68. The lowest BCUT2D eigenvalue weighted by atomic mass is 10.3. The van der Waals surface area contributed by atoms with Crippen molar-refractivity contribution in [3.63, 3.8) is 0 Å². The van der Waals surface area contributed by atoms with Crippen LogP contribution in [0.2, 0.25) is 0 Å². The molecule has 5 nitrogen and oxygen atoms in total. The molecule has 0 radical (unpaired) electrons. The predicted octanol–water partition coefficient (Wildman–Crippen LogP) is 0.817. The zero-order valence-electron chi connectivity index (χ0n) is 11.9. The highest BCUT2D eigenvalue weighted by molar-refractivity contribution is 5.79. The van der Waals surface area contributed by atoms with Gasteiger partial charge in [0.1, 0.15) is 0 Å². The molecule has 0 aliphatic heterocycles. The number of guanidine groups is 1. The van der Waals surface area contributed by atoms with Crippen LogP contribution < -0.4 is 16.2 Å². The number of nitrogens with zero attached hydrogens (tertiary/aromatic N) is 2. The first-order valence-corrected chi connectivity index (χ1v) is 6.89. The monoisotopic (exact) mass is 274 g/mol. The van der Waals surface area contributed by atoms with Crippen molar-refractivity contribution >= 4 is 5.96 Å². The van der Waals surface area contributed by atoms with Crippen molar-refractivity contribution in [3.8, 4) is 12.3 Å². The van der Waals surface area contributed by atoms with Crippen molar-refractivity contribution in [2.24, 2.45) is 4.99 Å². The largest absolute Gasteiger partial charge is 0.357 e. The Morgan fingerprint density at radius 1 is 1.40 bits per heavy atom. The van der Waals surface area contributed by atoms with E-state index in [1.165, 1.54) is 0 Å². The van der Waals surface area contributed by atoms with E-state index in [0.717, 1.165) is 31.9 Å². The van der Waals surface area contributed by atoms with Crippen molar-refractivity contribution in [2.45, 2.75) is 26.3 Å². The van der Waals surface area contributed by atoms with Gasteiger partial charge in [0.05, 0.1) is 6.54 Å². The van der Waals surface area contributed by atoms with Gasteiger partial charge in [-0.1, -0.05) is 12.0 Å². The number of aromatic nitrogens is 1. The molecule has 0 saturated heterocycles. The maximum Gasteiger partial charge on any atom is 0.250 e. The van der Waals surface area contributed by atoms with Crippen LogP contribution in [0.4, 0.5) is 0 Å². The number of nitrogens with one attached hydrogen (secondary N) is 2. The smallest absolute Gasteiger partial charge is 0.250 e. The molecule has 0 spiro atoms. The molecule has 0 aliphatic carbocycles. The molecular weight excluding hydrogens is 252 g/mol. The first-order valence-electron chi connectivity index (χ1n) is 6.89. The van der Waals surface area contributed by atoms with Gasteiger partial charge in [0.15, 0.2) is 5.96 Å². The third kappa shape index (κ3) is 6.10. The zero-order chi connectivity index (χ0) is 14.6. The molecule has 0 amide bonds. The van der Waals surface area contributed by atoms with E-state index in [2.05, 4.69) is 21.5 Å². The fourth-order valence-electron chi connectivity index (χ4n) is 1.71. The Labute approximate surface area is 120 Å². The molecule has 108 valence electrons. The van der Waals surface area contributed by atoms with Crippen molar-refractivity contribution in [2.75, 3.05) is 19.6 Å². The Balaban J connectivity index is 2.30. The Morgan fingerprint density at radius 3 is 2.95 bits per heavy atom. The van der Waals surface area contributed by atoms with Crippen molar-refractivity contribution < 1.29 is 0 Å². The summed E-state index contributed by atoms with van der Waals surface area (Å²) in [5.74, 6) is 3.25. The second kappa shape index (κ2) is 9.68. The first-order chi connectivity index (χ1) is 9.77. The fraction of sp³-hybridized carbons (Fsp3) is 0.467. The standard InChI is InChI=1S/C15H22N4O/c1-3-10-17-15(16-4-2)18-11-6-8-13-19-12-7-5-9-14(19)20/h1,5,7,9,12H,4,6,8,10-11,13H2,2H3,(H2,16,17,18). The van der Waals surface area contributed by atoms with E-state index in [1.807, 2.05) is 19.2 Å². The number of aliphatic imine (C=N–C) groups is 1. The number of hydrogen-bond acceptors (Lipinski definition) is 2. The highest BCUT2D eigenvalue weighted by Crippen LogP contribution is 1.93. The van der Waals surface area contributed by atoms with E-state index in [4.69, 9.17) is 6.42 Å². The summed E-state index contributed by atoms with van der Waals surface area (Å²) in [5, 5.41) is 6.16. The Hall–Kier alpha value is -2.22. The number of pyridine rings is 1. The summed E-state index contributed by atoms with van der Waals surface area (Å²) in [4.78, 5) is 15.9. The molecule has 5 heteroatoms. The van der Waals surface area contributed by atoms with Crippen LogP contribution in [-0.2, 0) is 6.54 Å². The third-order valence-corrected chi connectivity index (χ3v) is 2.68. The van der Waals surface area contributed by atoms with Crippen LogP contribution in [-0.4, -0.2) is 30.2 Å². The first kappa shape index (κ1) is 15.8. The highest BCUT2D eigenvalue weighted by atomic mass is 16.1. The summed E-state index contributed by atoms with van der Waals surface area (Å²) < 4.78 is 1.71. The highest BCUT2D eigenvalue weighted by Gasteiger charge is 1.96. The maximum atomic E-state index is 11.5. The number of hydrogen-bond donors (Lipinski definition) is 2. The number of aryl methyl sites for hydroxylation is 1. The topological polar surface area (TPSA) is 58.4 Å². The Kier molecular flexibility index (Phi) is 7.66. The van der Waals surface area contributed by atoms with Gasteiger partial charge >= 0.3 is 0 Å². The summed E-state index contributed by atoms with van der Waals surface area (Å²) in [5.41, 5.74) is 0.0417. The molecule has 0 saturated carbocycles. The minimum atomic E-state index is 0.0417. The number of unbranched alkanes of at least 4 members (excludes halogenated alkanes) is 1. The summed E-state index contributed by atoms with van der Waals surface area (Å²) in [6.45, 7) is 4.71. The van der Waals surface area contributed by atoms with Crippen LogP contribution in [0.15, 0.2) is 34.2 Å². The van der Waals surface area contributed by atoms with Crippen LogP contribution in [0, 0.1) is 12.3 Å². The lowest BCUT2D eigenvalue weighted by molar-refractivity contribution is 0.598. The molecule has 1 rings (SSSR count). The maximum absolute atomic E-state index is 11.5. The van der Waals surface area contributed by atoms with Gasteiger partial charge in [0, 0.05) is 31.9 Å². The van der Waals surface area contributed by atoms with E-state index >= 15 is 0 Å². The molecule has 1 aromatic heterocycles. The Bertz CT molecular complexity index is 513. The van der Waals surface area contributed by atoms with Gasteiger partial charge in [-0.15, -0.1) is 6.42 Å². The van der Waals surface area contributed by atoms with Gasteiger partial charge in [-0.3, -0.25) is 9.79 Å². The number of terminal acetylenes is 1.